The second-order valence-corrected chi connectivity index (χ2v) is 13.1. The number of aliphatic hydroxyl groups excluding tert-OH is 2. The Balaban J connectivity index is 1.45. The van der Waals surface area contributed by atoms with Gasteiger partial charge in [-0.2, -0.15) is 0 Å². The van der Waals surface area contributed by atoms with Crippen molar-refractivity contribution >= 4 is 23.6 Å². The molecule has 1 aromatic heterocycles. The molecule has 0 aliphatic carbocycles. The van der Waals surface area contributed by atoms with Gasteiger partial charge in [0.15, 0.2) is 0 Å². The Hall–Kier alpha value is -3.16. The van der Waals surface area contributed by atoms with Crippen molar-refractivity contribution in [2.24, 2.45) is 16.8 Å². The molecule has 1 spiro atoms. The Morgan fingerprint density at radius 3 is 2.31 bits per heavy atom. The average molecular weight is 626 g/mol. The summed E-state index contributed by atoms with van der Waals surface area (Å²) < 4.78 is 0. The minimum absolute atomic E-state index is 0.0159. The van der Waals surface area contributed by atoms with Crippen molar-refractivity contribution in [2.75, 3.05) is 6.61 Å². The van der Waals surface area contributed by atoms with Gasteiger partial charge in [-0.1, -0.05) is 19.4 Å². The number of H-pyrrole nitrogens is 1. The van der Waals surface area contributed by atoms with E-state index in [-0.39, 0.29) is 55.3 Å². The highest BCUT2D eigenvalue weighted by Crippen LogP contribution is 2.45. The van der Waals surface area contributed by atoms with Crippen LogP contribution in [0.25, 0.3) is 0 Å². The number of carboxylic acid groups (broad SMARTS) is 2. The molecule has 4 aliphatic rings. The van der Waals surface area contributed by atoms with Crippen LogP contribution in [-0.4, -0.2) is 85.6 Å². The second kappa shape index (κ2) is 12.9. The van der Waals surface area contributed by atoms with Gasteiger partial charge < -0.3 is 25.4 Å². The van der Waals surface area contributed by atoms with Crippen LogP contribution in [0.5, 0.6) is 0 Å². The molecule has 7 atom stereocenters. The smallest absolute Gasteiger partial charge is 0.303 e. The minimum atomic E-state index is -0.886. The van der Waals surface area contributed by atoms with Crippen LogP contribution < -0.4 is 16.0 Å². The monoisotopic (exact) mass is 625 g/mol. The minimum Gasteiger partial charge on any atom is -0.481 e. The number of aromatic amines is 1. The van der Waals surface area contributed by atoms with Crippen LogP contribution in [0.15, 0.2) is 27.3 Å². The molecule has 2 saturated heterocycles. The standard InChI is InChI=1S/C33H47N5O7/c1-6-19-16(3)29(36-32(19)45)30-33(38-30)18(5)22(8-10-28(42)43)26(37-33)14-24-20(7-9-27(40)41)15(2)23(34-24)13-25-21(11-12-39)17(4)31(44)35-25/h17,21,25-26,30-31,34-35,37-39,44H,6-14H2,1-5H3,(H,40,41)(H,42,43)/t17-,21-,25-,26?,30-,31+,33+/m1/s1. The first kappa shape index (κ1) is 33.2. The van der Waals surface area contributed by atoms with Crippen molar-refractivity contribution in [3.63, 3.8) is 0 Å². The van der Waals surface area contributed by atoms with Crippen LogP contribution >= 0.6 is 0 Å². The number of nitrogens with zero attached hydrogens (tertiary/aromatic N) is 1. The largest absolute Gasteiger partial charge is 0.481 e. The van der Waals surface area contributed by atoms with Crippen LogP contribution in [0.2, 0.25) is 0 Å². The van der Waals surface area contributed by atoms with Gasteiger partial charge in [-0.15, -0.1) is 0 Å². The summed E-state index contributed by atoms with van der Waals surface area (Å²) in [6.45, 7) is 9.87. The van der Waals surface area contributed by atoms with E-state index in [1.807, 2.05) is 34.6 Å². The highest BCUT2D eigenvalue weighted by molar-refractivity contribution is 6.22. The molecule has 5 rings (SSSR count). The van der Waals surface area contributed by atoms with Gasteiger partial charge in [-0.3, -0.25) is 30.3 Å². The molecule has 8 N–H and O–H groups in total. The predicted octanol–water partition coefficient (Wildman–Crippen LogP) is 1.88. The molecule has 246 valence electrons. The van der Waals surface area contributed by atoms with Crippen molar-refractivity contribution in [1.82, 2.24) is 20.9 Å². The quantitative estimate of drug-likeness (QED) is 0.111. The number of hydrogen-bond donors (Lipinski definition) is 8. The third-order valence-corrected chi connectivity index (χ3v) is 10.7. The van der Waals surface area contributed by atoms with Crippen LogP contribution in [0.1, 0.15) is 82.3 Å². The van der Waals surface area contributed by atoms with Crippen molar-refractivity contribution in [3.05, 3.63) is 44.8 Å². The Morgan fingerprint density at radius 1 is 1.00 bits per heavy atom. The van der Waals surface area contributed by atoms with E-state index in [2.05, 4.69) is 25.9 Å². The van der Waals surface area contributed by atoms with Crippen LogP contribution in [-0.2, 0) is 33.6 Å². The zero-order valence-electron chi connectivity index (χ0n) is 26.8. The molecule has 12 heteroatoms. The molecular weight excluding hydrogens is 578 g/mol. The lowest BCUT2D eigenvalue weighted by molar-refractivity contribution is -0.138. The van der Waals surface area contributed by atoms with E-state index in [4.69, 9.17) is 0 Å². The lowest BCUT2D eigenvalue weighted by Gasteiger charge is -2.21. The summed E-state index contributed by atoms with van der Waals surface area (Å²) in [5.41, 5.74) is 7.48. The topological polar surface area (TPSA) is 206 Å². The number of aliphatic imine (C=N–C) groups is 1. The third kappa shape index (κ3) is 6.18. The number of carbonyl (C=O) groups excluding carboxylic acids is 1. The highest BCUT2D eigenvalue weighted by Gasteiger charge is 2.63. The van der Waals surface area contributed by atoms with Gasteiger partial charge in [-0.25, -0.2) is 4.99 Å². The SMILES string of the molecule is CCC1=C(C)C([C@H]2N[C@]23NC(Cc2[nH]c(C[C@H]4N[C@@H](O)[C@H](C)[C@H]4CCO)c(C)c2CCC(=O)O)C(CCC(=O)O)=C3C)=NC1=O. The van der Waals surface area contributed by atoms with Crippen molar-refractivity contribution < 1.29 is 34.8 Å². The predicted molar refractivity (Wildman–Crippen MR) is 168 cm³/mol. The van der Waals surface area contributed by atoms with Crippen molar-refractivity contribution in [1.29, 1.82) is 0 Å². The molecule has 12 nitrogen and oxygen atoms in total. The number of hydrogen-bond acceptors (Lipinski definition) is 8. The molecule has 2 fully saturated rings. The molecule has 0 bridgehead atoms. The molecule has 4 aliphatic heterocycles. The summed E-state index contributed by atoms with van der Waals surface area (Å²) in [7, 11) is 0. The summed E-state index contributed by atoms with van der Waals surface area (Å²) >= 11 is 0. The zero-order valence-corrected chi connectivity index (χ0v) is 26.8. The molecule has 0 aromatic carbocycles. The number of aliphatic carboxylic acids is 2. The average Bonchev–Trinajstić information content (AvgIpc) is 3.26. The van der Waals surface area contributed by atoms with E-state index in [1.165, 1.54) is 0 Å². The van der Waals surface area contributed by atoms with Crippen LogP contribution in [0, 0.1) is 18.8 Å². The van der Waals surface area contributed by atoms with Gasteiger partial charge in [0.2, 0.25) is 0 Å². The summed E-state index contributed by atoms with van der Waals surface area (Å²) in [5.74, 6) is -1.91. The lowest BCUT2D eigenvalue weighted by atomic mass is 9.86. The van der Waals surface area contributed by atoms with Gasteiger partial charge in [0.1, 0.15) is 11.9 Å². The second-order valence-electron chi connectivity index (χ2n) is 13.1. The van der Waals surface area contributed by atoms with Gasteiger partial charge in [0.25, 0.3) is 5.91 Å². The zero-order chi connectivity index (χ0) is 32.8. The fourth-order valence-corrected chi connectivity index (χ4v) is 8.00. The first-order valence-electron chi connectivity index (χ1n) is 16.1. The van der Waals surface area contributed by atoms with E-state index < -0.39 is 23.8 Å². The molecule has 0 saturated carbocycles. The number of rotatable bonds is 14. The number of carboxylic acids is 2. The summed E-state index contributed by atoms with van der Waals surface area (Å²) in [6, 6.07) is -0.498. The van der Waals surface area contributed by atoms with Gasteiger partial charge in [0, 0.05) is 61.3 Å². The molecule has 1 unspecified atom stereocenters. The lowest BCUT2D eigenvalue weighted by Crippen LogP contribution is -2.41. The summed E-state index contributed by atoms with van der Waals surface area (Å²) in [4.78, 5) is 43.8. The summed E-state index contributed by atoms with van der Waals surface area (Å²) in [6.07, 6.45) is 2.25. The summed E-state index contributed by atoms with van der Waals surface area (Å²) in [5, 5.41) is 49.8. The molecule has 0 radical (unpaired) electrons. The van der Waals surface area contributed by atoms with E-state index >= 15 is 0 Å². The molecule has 1 aromatic rings. The Morgan fingerprint density at radius 2 is 1.69 bits per heavy atom. The number of aromatic nitrogens is 1. The first-order chi connectivity index (χ1) is 21.3. The van der Waals surface area contributed by atoms with Crippen LogP contribution in [0.4, 0.5) is 0 Å². The number of nitrogens with one attached hydrogen (secondary N) is 4. The normalized spacial score (nSPS) is 31.1. The van der Waals surface area contributed by atoms with E-state index in [0.29, 0.717) is 44.1 Å². The Kier molecular flexibility index (Phi) is 9.53. The maximum Gasteiger partial charge on any atom is 0.303 e. The van der Waals surface area contributed by atoms with Crippen molar-refractivity contribution in [2.45, 2.75) is 116 Å². The maximum absolute atomic E-state index is 12.5. The first-order valence-corrected chi connectivity index (χ1v) is 16.1. The molecular formula is C33H47N5O7. The van der Waals surface area contributed by atoms with E-state index in [1.54, 1.807) is 0 Å². The maximum atomic E-state index is 12.5. The van der Waals surface area contributed by atoms with E-state index in [9.17, 15) is 34.8 Å². The number of amides is 1. The highest BCUT2D eigenvalue weighted by atomic mass is 16.4. The fourth-order valence-electron chi connectivity index (χ4n) is 8.00. The third-order valence-electron chi connectivity index (χ3n) is 10.7. The van der Waals surface area contributed by atoms with Gasteiger partial charge in [-0.05, 0) is 80.6 Å². The fraction of sp³-hybridized carbons (Fsp3) is 0.636. The Labute approximate surface area is 263 Å². The number of aliphatic hydroxyl groups is 2. The van der Waals surface area contributed by atoms with Crippen LogP contribution in [0.3, 0.4) is 0 Å². The van der Waals surface area contributed by atoms with Crippen molar-refractivity contribution in [3.8, 4) is 0 Å². The number of carbonyl (C=O) groups is 3. The molecule has 1 amide bonds. The Bertz CT molecular complexity index is 1480. The van der Waals surface area contributed by atoms with Gasteiger partial charge in [0.05, 0.1) is 11.8 Å². The van der Waals surface area contributed by atoms with Gasteiger partial charge >= 0.3 is 11.9 Å². The van der Waals surface area contributed by atoms with E-state index in [0.717, 1.165) is 44.9 Å². The molecule has 45 heavy (non-hydrogen) atoms. The molecule has 5 heterocycles.